The van der Waals surface area contributed by atoms with Crippen LogP contribution in [0.4, 0.5) is 11.4 Å². The molecule has 50 heavy (non-hydrogen) atoms. The highest BCUT2D eigenvalue weighted by atomic mass is 35.5. The SMILES string of the molecule is CCCNC(=O)C(Cc1ccccc1)N(Cc1cccc(OC)c1)C(=O)CN(c1cc(Cl)ccc1OC)S(=O)(=O)c1ccc(C)c([N+](=O)[O-])c1. The number of halogens is 1. The third-order valence-electron chi connectivity index (χ3n) is 7.96. The number of nitro groups is 1. The lowest BCUT2D eigenvalue weighted by atomic mass is 10.0. The van der Waals surface area contributed by atoms with Crippen LogP contribution in [0.25, 0.3) is 0 Å². The van der Waals surface area contributed by atoms with Gasteiger partial charge in [-0.3, -0.25) is 24.0 Å². The molecule has 0 saturated heterocycles. The van der Waals surface area contributed by atoms with Gasteiger partial charge >= 0.3 is 0 Å². The molecule has 0 aliphatic rings. The smallest absolute Gasteiger partial charge is 0.273 e. The van der Waals surface area contributed by atoms with E-state index in [4.69, 9.17) is 21.1 Å². The van der Waals surface area contributed by atoms with Gasteiger partial charge in [0, 0.05) is 36.2 Å². The van der Waals surface area contributed by atoms with Crippen molar-refractivity contribution in [3.8, 4) is 11.5 Å². The van der Waals surface area contributed by atoms with Crippen LogP contribution in [0.3, 0.4) is 0 Å². The Bertz CT molecular complexity index is 1940. The summed E-state index contributed by atoms with van der Waals surface area (Å²) in [6.07, 6.45) is 0.778. The summed E-state index contributed by atoms with van der Waals surface area (Å²) in [5, 5.41) is 14.8. The molecular weight excluding hydrogens is 684 g/mol. The van der Waals surface area contributed by atoms with Crippen molar-refractivity contribution >= 4 is 44.8 Å². The molecule has 0 radical (unpaired) electrons. The summed E-state index contributed by atoms with van der Waals surface area (Å²) >= 11 is 6.34. The number of ether oxygens (including phenoxy) is 2. The molecule has 1 unspecified atom stereocenters. The van der Waals surface area contributed by atoms with Crippen molar-refractivity contribution in [1.82, 2.24) is 10.2 Å². The van der Waals surface area contributed by atoms with Gasteiger partial charge in [-0.1, -0.05) is 67.1 Å². The van der Waals surface area contributed by atoms with Crippen LogP contribution in [0.15, 0.2) is 95.9 Å². The van der Waals surface area contributed by atoms with E-state index in [0.717, 1.165) is 15.9 Å². The van der Waals surface area contributed by atoms with E-state index < -0.39 is 49.9 Å². The second-order valence-electron chi connectivity index (χ2n) is 11.4. The van der Waals surface area contributed by atoms with Gasteiger partial charge in [-0.15, -0.1) is 0 Å². The van der Waals surface area contributed by atoms with Gasteiger partial charge < -0.3 is 19.7 Å². The quantitative estimate of drug-likeness (QED) is 0.110. The Morgan fingerprint density at radius 3 is 2.32 bits per heavy atom. The Balaban J connectivity index is 1.89. The van der Waals surface area contributed by atoms with Crippen LogP contribution in [-0.4, -0.2) is 63.4 Å². The Morgan fingerprint density at radius 2 is 1.66 bits per heavy atom. The van der Waals surface area contributed by atoms with Gasteiger partial charge in [-0.25, -0.2) is 8.42 Å². The molecule has 1 N–H and O–H groups in total. The number of nitrogens with zero attached hydrogens (tertiary/aromatic N) is 3. The maximum atomic E-state index is 14.7. The number of nitrogens with one attached hydrogen (secondary N) is 1. The Morgan fingerprint density at radius 1 is 0.940 bits per heavy atom. The first-order valence-electron chi connectivity index (χ1n) is 15.7. The monoisotopic (exact) mass is 722 g/mol. The lowest BCUT2D eigenvalue weighted by Crippen LogP contribution is -2.53. The molecule has 0 saturated carbocycles. The fourth-order valence-corrected chi connectivity index (χ4v) is 6.94. The minimum atomic E-state index is -4.69. The van der Waals surface area contributed by atoms with Crippen LogP contribution < -0.4 is 19.1 Å². The zero-order valence-electron chi connectivity index (χ0n) is 28.2. The predicted molar refractivity (Wildman–Crippen MR) is 191 cm³/mol. The number of nitro benzene ring substituents is 1. The molecule has 264 valence electrons. The van der Waals surface area contributed by atoms with E-state index in [1.807, 2.05) is 37.3 Å². The maximum absolute atomic E-state index is 14.7. The van der Waals surface area contributed by atoms with Crippen LogP contribution in [0.5, 0.6) is 11.5 Å². The minimum absolute atomic E-state index is 0.0760. The summed E-state index contributed by atoms with van der Waals surface area (Å²) < 4.78 is 40.6. The molecule has 0 heterocycles. The van der Waals surface area contributed by atoms with Crippen molar-refractivity contribution < 1.29 is 32.4 Å². The molecule has 1 atom stereocenters. The molecule has 2 amide bonds. The second kappa shape index (κ2) is 17.0. The Hall–Kier alpha value is -5.14. The zero-order chi connectivity index (χ0) is 36.4. The Kier molecular flexibility index (Phi) is 12.8. The number of amides is 2. The van der Waals surface area contributed by atoms with Crippen molar-refractivity contribution in [3.05, 3.63) is 123 Å². The summed E-state index contributed by atoms with van der Waals surface area (Å²) in [6.45, 7) is 2.86. The molecule has 0 aromatic heterocycles. The van der Waals surface area contributed by atoms with Crippen LogP contribution in [0, 0.1) is 17.0 Å². The summed E-state index contributed by atoms with van der Waals surface area (Å²) in [5.74, 6) is -0.546. The number of benzene rings is 4. The van der Waals surface area contributed by atoms with E-state index in [0.29, 0.717) is 24.3 Å². The fraction of sp³-hybridized carbons (Fsp3) is 0.278. The molecule has 14 heteroatoms. The molecule has 0 spiro atoms. The van der Waals surface area contributed by atoms with E-state index in [9.17, 15) is 28.1 Å². The van der Waals surface area contributed by atoms with Gasteiger partial charge in [0.1, 0.15) is 24.1 Å². The van der Waals surface area contributed by atoms with Gasteiger partial charge in [-0.2, -0.15) is 0 Å². The summed E-state index contributed by atoms with van der Waals surface area (Å²) in [6, 6.07) is 22.9. The largest absolute Gasteiger partial charge is 0.497 e. The van der Waals surface area contributed by atoms with Gasteiger partial charge in [0.05, 0.1) is 29.7 Å². The lowest BCUT2D eigenvalue weighted by molar-refractivity contribution is -0.385. The third-order valence-corrected chi connectivity index (χ3v) is 9.95. The van der Waals surface area contributed by atoms with E-state index in [1.54, 1.807) is 24.3 Å². The molecule has 0 aliphatic heterocycles. The maximum Gasteiger partial charge on any atom is 0.273 e. The minimum Gasteiger partial charge on any atom is -0.497 e. The third kappa shape index (κ3) is 9.10. The van der Waals surface area contributed by atoms with Gasteiger partial charge in [0.2, 0.25) is 11.8 Å². The number of hydrogen-bond acceptors (Lipinski definition) is 8. The number of sulfonamides is 1. The summed E-state index contributed by atoms with van der Waals surface area (Å²) in [7, 11) is -1.84. The van der Waals surface area contributed by atoms with Crippen molar-refractivity contribution in [3.63, 3.8) is 0 Å². The summed E-state index contributed by atoms with van der Waals surface area (Å²) in [4.78, 5) is 40.6. The fourth-order valence-electron chi connectivity index (χ4n) is 5.33. The number of carbonyl (C=O) groups excluding carboxylic acids is 2. The number of aryl methyl sites for hydroxylation is 1. The van der Waals surface area contributed by atoms with Crippen molar-refractivity contribution in [2.45, 2.75) is 44.2 Å². The highest BCUT2D eigenvalue weighted by Crippen LogP contribution is 2.36. The highest BCUT2D eigenvalue weighted by molar-refractivity contribution is 7.92. The van der Waals surface area contributed by atoms with Crippen LogP contribution in [0.2, 0.25) is 5.02 Å². The number of hydrogen-bond donors (Lipinski definition) is 1. The summed E-state index contributed by atoms with van der Waals surface area (Å²) in [5.41, 5.74) is 1.17. The molecule has 4 aromatic rings. The topological polar surface area (TPSA) is 148 Å². The number of rotatable bonds is 16. The van der Waals surface area contributed by atoms with E-state index in [-0.39, 0.29) is 35.0 Å². The van der Waals surface area contributed by atoms with Gasteiger partial charge in [0.25, 0.3) is 15.7 Å². The van der Waals surface area contributed by atoms with Gasteiger partial charge in [-0.05, 0) is 60.9 Å². The molecular formula is C36H39ClN4O8S. The van der Waals surface area contributed by atoms with Crippen LogP contribution >= 0.6 is 11.6 Å². The molecule has 4 aromatic carbocycles. The van der Waals surface area contributed by atoms with Crippen molar-refractivity contribution in [2.24, 2.45) is 0 Å². The number of carbonyl (C=O) groups is 2. The Labute approximate surface area is 296 Å². The molecule has 0 bridgehead atoms. The first-order chi connectivity index (χ1) is 23.9. The van der Waals surface area contributed by atoms with E-state index >= 15 is 0 Å². The molecule has 4 rings (SSSR count). The highest BCUT2D eigenvalue weighted by Gasteiger charge is 2.36. The van der Waals surface area contributed by atoms with Gasteiger partial charge in [0.15, 0.2) is 0 Å². The number of anilines is 1. The normalized spacial score (nSPS) is 11.7. The standard InChI is InChI=1S/C36H39ClN4O8S/c1-5-18-38-36(43)33(20-26-10-7-6-8-11-26)39(23-27-12-9-13-29(19-27)48-3)35(42)24-40(32-21-28(37)15-17-34(32)49-4)50(46,47)30-16-14-25(2)31(22-30)41(44)45/h6-17,19,21-22,33H,5,18,20,23-24H2,1-4H3,(H,38,43). The molecule has 0 fully saturated rings. The van der Waals surface area contributed by atoms with E-state index in [2.05, 4.69) is 5.32 Å². The zero-order valence-corrected chi connectivity index (χ0v) is 29.7. The van der Waals surface area contributed by atoms with Crippen molar-refractivity contribution in [2.75, 3.05) is 31.6 Å². The predicted octanol–water partition coefficient (Wildman–Crippen LogP) is 5.94. The average molecular weight is 723 g/mol. The number of methoxy groups -OCH3 is 2. The lowest BCUT2D eigenvalue weighted by Gasteiger charge is -2.34. The van der Waals surface area contributed by atoms with E-state index in [1.165, 1.54) is 56.4 Å². The second-order valence-corrected chi connectivity index (χ2v) is 13.7. The first-order valence-corrected chi connectivity index (χ1v) is 17.6. The first kappa shape index (κ1) is 37.7. The van der Waals surface area contributed by atoms with Crippen LogP contribution in [0.1, 0.15) is 30.0 Å². The van der Waals surface area contributed by atoms with Crippen LogP contribution in [-0.2, 0) is 32.6 Å². The molecule has 12 nitrogen and oxygen atoms in total. The molecule has 0 aliphatic carbocycles. The van der Waals surface area contributed by atoms with Crippen molar-refractivity contribution in [1.29, 1.82) is 0 Å². The average Bonchev–Trinajstić information content (AvgIpc) is 3.11.